The highest BCUT2D eigenvalue weighted by Gasteiger charge is 2.75. The van der Waals surface area contributed by atoms with Gasteiger partial charge < -0.3 is 29.3 Å². The van der Waals surface area contributed by atoms with Crippen LogP contribution in [0.2, 0.25) is 0 Å². The Morgan fingerprint density at radius 1 is 1.06 bits per heavy atom. The van der Waals surface area contributed by atoms with E-state index in [0.29, 0.717) is 37.8 Å². The molecule has 3 aliphatic rings. The lowest BCUT2D eigenvalue weighted by atomic mass is 9.70. The lowest BCUT2D eigenvalue weighted by Gasteiger charge is -2.39. The van der Waals surface area contributed by atoms with Gasteiger partial charge in [0.15, 0.2) is 0 Å². The first-order valence-corrected chi connectivity index (χ1v) is 18.1. The van der Waals surface area contributed by atoms with E-state index in [9.17, 15) is 24.3 Å². The van der Waals surface area contributed by atoms with E-state index in [0.717, 1.165) is 5.56 Å². The molecule has 274 valence electrons. The van der Waals surface area contributed by atoms with Crippen molar-refractivity contribution in [1.29, 1.82) is 0 Å². The molecule has 1 N–H and O–H groups in total. The summed E-state index contributed by atoms with van der Waals surface area (Å²) >= 11 is 0. The van der Waals surface area contributed by atoms with Crippen LogP contribution in [0.1, 0.15) is 70.1 Å². The van der Waals surface area contributed by atoms with Crippen molar-refractivity contribution in [2.75, 3.05) is 20.2 Å². The zero-order chi connectivity index (χ0) is 36.9. The largest absolute Gasteiger partial charge is 0.455 e. The first-order valence-electron chi connectivity index (χ1n) is 18.1. The number of allylic oxidation sites excluding steroid dienone is 1. The van der Waals surface area contributed by atoms with Gasteiger partial charge in [-0.15, -0.1) is 13.2 Å². The number of nitrogens with zero attached hydrogens (tertiary/aromatic N) is 3. The summed E-state index contributed by atoms with van der Waals surface area (Å²) in [5.41, 5.74) is 0.366. The molecule has 3 heterocycles. The maximum Gasteiger partial charge on any atom is 0.313 e. The Morgan fingerprint density at radius 3 is 2.33 bits per heavy atom. The first-order chi connectivity index (χ1) is 24.5. The minimum atomic E-state index is -1.27. The minimum Gasteiger partial charge on any atom is -0.455 e. The van der Waals surface area contributed by atoms with Crippen molar-refractivity contribution in [3.05, 3.63) is 97.1 Å². The summed E-state index contributed by atoms with van der Waals surface area (Å²) in [5.74, 6) is -3.21. The number of rotatable bonds is 17. The fraction of sp³-hybridized carbons (Fsp3) is 0.512. The Balaban J connectivity index is 1.51. The van der Waals surface area contributed by atoms with Gasteiger partial charge in [-0.3, -0.25) is 19.2 Å². The summed E-state index contributed by atoms with van der Waals surface area (Å²) in [6, 6.07) is 16.7. The van der Waals surface area contributed by atoms with Gasteiger partial charge in [-0.2, -0.15) is 0 Å². The average molecular weight is 700 g/mol. The number of fused-ring (bicyclic) bond motifs is 1. The van der Waals surface area contributed by atoms with Crippen LogP contribution in [0.15, 0.2) is 86.0 Å². The first kappa shape index (κ1) is 38.0. The van der Waals surface area contributed by atoms with Crippen LogP contribution >= 0.6 is 0 Å². The van der Waals surface area contributed by atoms with Gasteiger partial charge in [-0.1, -0.05) is 86.7 Å². The average Bonchev–Trinajstić information content (AvgIpc) is 3.78. The topological polar surface area (TPSA) is 117 Å². The molecule has 3 saturated heterocycles. The van der Waals surface area contributed by atoms with E-state index in [-0.39, 0.29) is 43.2 Å². The van der Waals surface area contributed by atoms with Crippen LogP contribution in [0.5, 0.6) is 0 Å². The number of aliphatic hydroxyl groups excluding tert-OH is 1. The van der Waals surface area contributed by atoms with E-state index in [2.05, 4.69) is 13.2 Å². The standard InChI is InChI=1S/C41H53N3O7/c1-7-9-20-33(46)42(6)28(5)36(30-18-14-11-15-19-30)50-40(49)34-32-21-22-41(51-32)35(34)38(47)44(31(26-45)24-27(3)4)37(41)39(48)43(23-8-2)25-29-16-12-10-13-17-29/h7-8,10-19,27-28,31-32,34-37,45H,1-2,9,20-26H2,3-6H3/t28-,31+,32+,34-,35-,36+,37+,41-/m0/s1. The van der Waals surface area contributed by atoms with Crippen LogP contribution in [0.4, 0.5) is 0 Å². The molecule has 0 saturated carbocycles. The maximum absolute atomic E-state index is 14.8. The maximum atomic E-state index is 14.8. The van der Waals surface area contributed by atoms with Crippen LogP contribution in [0.3, 0.4) is 0 Å². The second-order valence-corrected chi connectivity index (χ2v) is 14.6. The summed E-state index contributed by atoms with van der Waals surface area (Å²) in [7, 11) is 1.69. The number of hydrogen-bond acceptors (Lipinski definition) is 7. The molecule has 10 heteroatoms. The zero-order valence-electron chi connectivity index (χ0n) is 30.4. The van der Waals surface area contributed by atoms with Crippen LogP contribution in [-0.2, 0) is 35.2 Å². The number of carbonyl (C=O) groups excluding carboxylic acids is 4. The van der Waals surface area contributed by atoms with E-state index in [1.54, 1.807) is 29.0 Å². The molecule has 2 bridgehead atoms. The number of ether oxygens (including phenoxy) is 2. The van der Waals surface area contributed by atoms with Crippen LogP contribution < -0.4 is 0 Å². The van der Waals surface area contributed by atoms with Gasteiger partial charge in [-0.25, -0.2) is 0 Å². The van der Waals surface area contributed by atoms with Crippen molar-refractivity contribution in [3.63, 3.8) is 0 Å². The van der Waals surface area contributed by atoms with Gasteiger partial charge in [0.25, 0.3) is 0 Å². The highest BCUT2D eigenvalue weighted by molar-refractivity contribution is 5.98. The van der Waals surface area contributed by atoms with Crippen LogP contribution in [-0.4, -0.2) is 93.5 Å². The van der Waals surface area contributed by atoms with Crippen LogP contribution in [0.25, 0.3) is 0 Å². The number of likely N-dealkylation sites (N-methyl/N-ethyl adjacent to an activating group) is 1. The van der Waals surface area contributed by atoms with Gasteiger partial charge >= 0.3 is 5.97 Å². The van der Waals surface area contributed by atoms with Crippen molar-refractivity contribution in [3.8, 4) is 0 Å². The van der Waals surface area contributed by atoms with Crippen molar-refractivity contribution >= 4 is 23.7 Å². The van der Waals surface area contributed by atoms with Gasteiger partial charge in [0.2, 0.25) is 17.7 Å². The predicted octanol–water partition coefficient (Wildman–Crippen LogP) is 5.08. The highest BCUT2D eigenvalue weighted by Crippen LogP contribution is 2.59. The second kappa shape index (κ2) is 16.4. The number of benzene rings is 2. The smallest absolute Gasteiger partial charge is 0.313 e. The number of aliphatic hydroxyl groups is 1. The van der Waals surface area contributed by atoms with Gasteiger partial charge in [0.1, 0.15) is 17.7 Å². The second-order valence-electron chi connectivity index (χ2n) is 14.6. The lowest BCUT2D eigenvalue weighted by Crippen LogP contribution is -2.58. The third-order valence-corrected chi connectivity index (χ3v) is 10.8. The molecular weight excluding hydrogens is 646 g/mol. The summed E-state index contributed by atoms with van der Waals surface area (Å²) in [6.07, 6.45) is 4.06. The molecule has 0 unspecified atom stereocenters. The fourth-order valence-electron chi connectivity index (χ4n) is 8.34. The Bertz CT molecular complexity index is 1570. The van der Waals surface area contributed by atoms with E-state index in [1.807, 2.05) is 81.4 Å². The molecule has 1 spiro atoms. The Hall–Kier alpha value is -4.28. The molecule has 3 aliphatic heterocycles. The highest BCUT2D eigenvalue weighted by atomic mass is 16.6. The summed E-state index contributed by atoms with van der Waals surface area (Å²) in [6.45, 7) is 13.7. The monoisotopic (exact) mass is 699 g/mol. The molecule has 10 nitrogen and oxygen atoms in total. The van der Waals surface area contributed by atoms with Gasteiger partial charge in [0, 0.05) is 26.6 Å². The molecule has 3 fully saturated rings. The Labute approximate surface area is 302 Å². The number of amides is 3. The Kier molecular flexibility index (Phi) is 12.2. The fourth-order valence-corrected chi connectivity index (χ4v) is 8.34. The summed E-state index contributed by atoms with van der Waals surface area (Å²) < 4.78 is 13.1. The SMILES string of the molecule is C=CCCC(=O)N(C)[C@@H](C)[C@@H](OC(=O)[C@@H]1[C@H]2C(=O)N([C@@H](CO)CC(C)C)[C@H](C(=O)N(CC=C)Cc3ccccc3)[C@]23CC[C@H]1O3)c1ccccc1. The van der Waals surface area contributed by atoms with E-state index < -0.39 is 53.7 Å². The molecule has 0 aliphatic carbocycles. The number of carbonyl (C=O) groups is 4. The van der Waals surface area contributed by atoms with Crippen molar-refractivity contribution in [1.82, 2.24) is 14.7 Å². The zero-order valence-corrected chi connectivity index (χ0v) is 30.4. The third kappa shape index (κ3) is 7.53. The van der Waals surface area contributed by atoms with E-state index in [4.69, 9.17) is 9.47 Å². The molecule has 0 radical (unpaired) electrons. The molecule has 8 atom stereocenters. The molecule has 2 aromatic rings. The number of esters is 1. The molecule has 5 rings (SSSR count). The molecule has 2 aromatic carbocycles. The summed E-state index contributed by atoms with van der Waals surface area (Å²) in [5, 5.41) is 10.7. The van der Waals surface area contributed by atoms with E-state index in [1.165, 1.54) is 4.90 Å². The Morgan fingerprint density at radius 2 is 1.73 bits per heavy atom. The molecule has 51 heavy (non-hydrogen) atoms. The third-order valence-electron chi connectivity index (χ3n) is 10.8. The predicted molar refractivity (Wildman–Crippen MR) is 194 cm³/mol. The van der Waals surface area contributed by atoms with E-state index >= 15 is 0 Å². The number of hydrogen-bond donors (Lipinski definition) is 1. The normalized spacial score (nSPS) is 25.2. The van der Waals surface area contributed by atoms with Crippen molar-refractivity contribution in [2.45, 2.75) is 95.4 Å². The summed E-state index contributed by atoms with van der Waals surface area (Å²) in [4.78, 5) is 61.9. The van der Waals surface area contributed by atoms with Gasteiger partial charge in [-0.05, 0) is 49.7 Å². The van der Waals surface area contributed by atoms with Crippen LogP contribution in [0, 0.1) is 17.8 Å². The molecular formula is C41H53N3O7. The number of likely N-dealkylation sites (tertiary alicyclic amines) is 1. The minimum absolute atomic E-state index is 0.107. The molecule has 0 aromatic heterocycles. The van der Waals surface area contributed by atoms with Crippen molar-refractivity contribution in [2.24, 2.45) is 17.8 Å². The lowest BCUT2D eigenvalue weighted by molar-refractivity contribution is -0.165. The quantitative estimate of drug-likeness (QED) is 0.181. The molecule has 3 amide bonds. The van der Waals surface area contributed by atoms with Crippen molar-refractivity contribution < 1.29 is 33.8 Å². The van der Waals surface area contributed by atoms with Gasteiger partial charge in [0.05, 0.1) is 36.6 Å².